The molecule has 0 radical (unpaired) electrons. The van der Waals surface area contributed by atoms with Crippen LogP contribution in [0, 0.1) is 19.8 Å². The quantitative estimate of drug-likeness (QED) is 0.566. The highest BCUT2D eigenvalue weighted by Gasteiger charge is 2.31. The van der Waals surface area contributed by atoms with Crippen LogP contribution in [0.2, 0.25) is 0 Å². The lowest BCUT2D eigenvalue weighted by atomic mass is 9.99. The van der Waals surface area contributed by atoms with Crippen LogP contribution >= 0.6 is 0 Å². The highest BCUT2D eigenvalue weighted by molar-refractivity contribution is 5.31. The molecule has 2 nitrogen and oxygen atoms in total. The summed E-state index contributed by atoms with van der Waals surface area (Å²) in [5, 5.41) is 0. The number of rotatable bonds is 3. The molecule has 2 rings (SSSR count). The molecule has 1 atom stereocenters. The zero-order valence-corrected chi connectivity index (χ0v) is 8.88. The molecule has 1 unspecified atom stereocenters. The smallest absolute Gasteiger partial charge is 0.0488 e. The summed E-state index contributed by atoms with van der Waals surface area (Å²) in [4.78, 5) is 0. The molecule has 1 aromatic rings. The van der Waals surface area contributed by atoms with Gasteiger partial charge in [-0.3, -0.25) is 11.3 Å². The van der Waals surface area contributed by atoms with Gasteiger partial charge in [0.15, 0.2) is 0 Å². The van der Waals surface area contributed by atoms with Crippen LogP contribution in [0.5, 0.6) is 0 Å². The Kier molecular flexibility index (Phi) is 2.57. The first-order valence-electron chi connectivity index (χ1n) is 5.25. The molecule has 1 fully saturated rings. The summed E-state index contributed by atoms with van der Waals surface area (Å²) in [7, 11) is 0. The van der Waals surface area contributed by atoms with Gasteiger partial charge in [0.1, 0.15) is 0 Å². The molecule has 3 N–H and O–H groups in total. The Balaban J connectivity index is 2.28. The molecule has 2 heteroatoms. The molecule has 0 aliphatic heterocycles. The van der Waals surface area contributed by atoms with E-state index >= 15 is 0 Å². The van der Waals surface area contributed by atoms with Crippen molar-refractivity contribution in [1.82, 2.24) is 5.43 Å². The van der Waals surface area contributed by atoms with Crippen LogP contribution in [0.4, 0.5) is 0 Å². The molecule has 0 saturated heterocycles. The minimum absolute atomic E-state index is 0.355. The minimum atomic E-state index is 0.355. The van der Waals surface area contributed by atoms with Crippen LogP contribution in [0.15, 0.2) is 18.2 Å². The SMILES string of the molecule is Cc1cc(C)cc(C(NN)C2CC2)c1. The fourth-order valence-corrected chi connectivity index (χ4v) is 2.12. The lowest BCUT2D eigenvalue weighted by Crippen LogP contribution is -2.29. The molecule has 0 amide bonds. The summed E-state index contributed by atoms with van der Waals surface area (Å²) in [6.45, 7) is 4.27. The Hall–Kier alpha value is -0.860. The van der Waals surface area contributed by atoms with Gasteiger partial charge in [-0.1, -0.05) is 29.3 Å². The average Bonchev–Trinajstić information content (AvgIpc) is 2.87. The second kappa shape index (κ2) is 3.71. The molecular formula is C12H18N2. The topological polar surface area (TPSA) is 38.0 Å². The van der Waals surface area contributed by atoms with Crippen LogP contribution in [0.3, 0.4) is 0 Å². The summed E-state index contributed by atoms with van der Waals surface area (Å²) < 4.78 is 0. The first-order valence-corrected chi connectivity index (χ1v) is 5.25. The summed E-state index contributed by atoms with van der Waals surface area (Å²) in [5.74, 6) is 6.35. The van der Waals surface area contributed by atoms with Crippen LogP contribution in [-0.2, 0) is 0 Å². The van der Waals surface area contributed by atoms with E-state index in [0.717, 1.165) is 5.92 Å². The summed E-state index contributed by atoms with van der Waals surface area (Å²) >= 11 is 0. The van der Waals surface area contributed by atoms with Gasteiger partial charge in [0.05, 0.1) is 0 Å². The monoisotopic (exact) mass is 190 g/mol. The Labute approximate surface area is 85.5 Å². The molecule has 0 heterocycles. The van der Waals surface area contributed by atoms with Gasteiger partial charge in [-0.2, -0.15) is 0 Å². The largest absolute Gasteiger partial charge is 0.271 e. The Bertz CT molecular complexity index is 309. The van der Waals surface area contributed by atoms with E-state index in [4.69, 9.17) is 5.84 Å². The summed E-state index contributed by atoms with van der Waals surface area (Å²) in [6, 6.07) is 7.02. The zero-order valence-electron chi connectivity index (χ0n) is 8.88. The maximum atomic E-state index is 5.60. The van der Waals surface area contributed by atoms with Crippen LogP contribution < -0.4 is 11.3 Å². The van der Waals surface area contributed by atoms with E-state index in [2.05, 4.69) is 37.5 Å². The minimum Gasteiger partial charge on any atom is -0.271 e. The van der Waals surface area contributed by atoms with E-state index in [1.165, 1.54) is 29.5 Å². The maximum Gasteiger partial charge on any atom is 0.0488 e. The molecule has 0 spiro atoms. The first kappa shape index (κ1) is 9.69. The normalized spacial score (nSPS) is 18.2. The second-order valence-corrected chi connectivity index (χ2v) is 4.40. The third-order valence-electron chi connectivity index (χ3n) is 2.88. The highest BCUT2D eigenvalue weighted by Crippen LogP contribution is 2.40. The van der Waals surface area contributed by atoms with Gasteiger partial charge in [0.2, 0.25) is 0 Å². The Morgan fingerprint density at radius 3 is 2.21 bits per heavy atom. The average molecular weight is 190 g/mol. The molecule has 76 valence electrons. The van der Waals surface area contributed by atoms with Crippen molar-refractivity contribution < 1.29 is 0 Å². The van der Waals surface area contributed by atoms with E-state index < -0.39 is 0 Å². The van der Waals surface area contributed by atoms with Gasteiger partial charge in [-0.05, 0) is 38.2 Å². The van der Waals surface area contributed by atoms with E-state index in [1.807, 2.05) is 0 Å². The zero-order chi connectivity index (χ0) is 10.1. The van der Waals surface area contributed by atoms with E-state index in [0.29, 0.717) is 6.04 Å². The number of hydrogen-bond acceptors (Lipinski definition) is 2. The third kappa shape index (κ3) is 1.97. The maximum absolute atomic E-state index is 5.60. The number of benzene rings is 1. The Morgan fingerprint density at radius 2 is 1.79 bits per heavy atom. The van der Waals surface area contributed by atoms with Crippen molar-refractivity contribution >= 4 is 0 Å². The third-order valence-corrected chi connectivity index (χ3v) is 2.88. The van der Waals surface area contributed by atoms with Crippen LogP contribution in [0.25, 0.3) is 0 Å². The van der Waals surface area contributed by atoms with Crippen LogP contribution in [-0.4, -0.2) is 0 Å². The molecule has 0 bridgehead atoms. The number of nitrogens with two attached hydrogens (primary N) is 1. The molecule has 1 aliphatic carbocycles. The van der Waals surface area contributed by atoms with Crippen molar-refractivity contribution in [3.8, 4) is 0 Å². The van der Waals surface area contributed by atoms with Gasteiger partial charge in [0, 0.05) is 6.04 Å². The van der Waals surface area contributed by atoms with E-state index in [-0.39, 0.29) is 0 Å². The second-order valence-electron chi connectivity index (χ2n) is 4.40. The summed E-state index contributed by atoms with van der Waals surface area (Å²) in [5.41, 5.74) is 6.92. The van der Waals surface area contributed by atoms with Gasteiger partial charge < -0.3 is 0 Å². The first-order chi connectivity index (χ1) is 6.70. The molecule has 14 heavy (non-hydrogen) atoms. The predicted octanol–water partition coefficient (Wildman–Crippen LogP) is 2.22. The number of hydrazine groups is 1. The van der Waals surface area contributed by atoms with Crippen molar-refractivity contribution in [2.24, 2.45) is 11.8 Å². The van der Waals surface area contributed by atoms with Gasteiger partial charge in [0.25, 0.3) is 0 Å². The lowest BCUT2D eigenvalue weighted by Gasteiger charge is -2.16. The predicted molar refractivity (Wildman–Crippen MR) is 58.7 cm³/mol. The summed E-state index contributed by atoms with van der Waals surface area (Å²) in [6.07, 6.45) is 2.61. The van der Waals surface area contributed by atoms with Gasteiger partial charge >= 0.3 is 0 Å². The van der Waals surface area contributed by atoms with Crippen molar-refractivity contribution in [3.63, 3.8) is 0 Å². The number of aryl methyl sites for hydroxylation is 2. The number of hydrogen-bond donors (Lipinski definition) is 2. The molecule has 1 saturated carbocycles. The fourth-order valence-electron chi connectivity index (χ4n) is 2.12. The highest BCUT2D eigenvalue weighted by atomic mass is 15.2. The lowest BCUT2D eigenvalue weighted by molar-refractivity contribution is 0.496. The fraction of sp³-hybridized carbons (Fsp3) is 0.500. The molecule has 1 aromatic carbocycles. The molecule has 0 aromatic heterocycles. The van der Waals surface area contributed by atoms with Crippen molar-refractivity contribution in [2.75, 3.05) is 0 Å². The molecular weight excluding hydrogens is 172 g/mol. The van der Waals surface area contributed by atoms with Crippen LogP contribution in [0.1, 0.15) is 35.6 Å². The van der Waals surface area contributed by atoms with Gasteiger partial charge in [-0.25, -0.2) is 0 Å². The Morgan fingerprint density at radius 1 is 1.21 bits per heavy atom. The van der Waals surface area contributed by atoms with E-state index in [1.54, 1.807) is 0 Å². The van der Waals surface area contributed by atoms with E-state index in [9.17, 15) is 0 Å². The standard InChI is InChI=1S/C12H18N2/c1-8-5-9(2)7-11(6-8)12(14-13)10-3-4-10/h5-7,10,12,14H,3-4,13H2,1-2H3. The van der Waals surface area contributed by atoms with Crippen molar-refractivity contribution in [1.29, 1.82) is 0 Å². The van der Waals surface area contributed by atoms with Gasteiger partial charge in [-0.15, -0.1) is 0 Å². The number of nitrogens with one attached hydrogen (secondary N) is 1. The van der Waals surface area contributed by atoms with Crippen molar-refractivity contribution in [3.05, 3.63) is 34.9 Å². The van der Waals surface area contributed by atoms with Crippen molar-refractivity contribution in [2.45, 2.75) is 32.7 Å². The molecule has 1 aliphatic rings.